The summed E-state index contributed by atoms with van der Waals surface area (Å²) in [5.74, 6) is 0.572. The average molecular weight is 354 g/mol. The van der Waals surface area contributed by atoms with E-state index in [0.717, 1.165) is 11.3 Å². The van der Waals surface area contributed by atoms with Gasteiger partial charge in [-0.1, -0.05) is 18.2 Å². The van der Waals surface area contributed by atoms with Gasteiger partial charge in [-0.05, 0) is 41.3 Å². The molecule has 128 valence electrons. The first-order chi connectivity index (χ1) is 12.1. The Hall–Kier alpha value is -2.86. The molecule has 0 aliphatic rings. The predicted octanol–water partition coefficient (Wildman–Crippen LogP) is 3.54. The highest BCUT2D eigenvalue weighted by molar-refractivity contribution is 7.12. The van der Waals surface area contributed by atoms with Gasteiger partial charge >= 0.3 is 0 Å². The molecule has 0 aliphatic heterocycles. The van der Waals surface area contributed by atoms with Crippen LogP contribution in [0, 0.1) is 0 Å². The van der Waals surface area contributed by atoms with Gasteiger partial charge in [0, 0.05) is 19.2 Å². The van der Waals surface area contributed by atoms with Crippen molar-refractivity contribution < 1.29 is 14.0 Å². The molecule has 2 amide bonds. The van der Waals surface area contributed by atoms with Crippen molar-refractivity contribution >= 4 is 23.2 Å². The lowest BCUT2D eigenvalue weighted by Crippen LogP contribution is -2.26. The Morgan fingerprint density at radius 3 is 2.56 bits per heavy atom. The number of thiophene rings is 1. The van der Waals surface area contributed by atoms with E-state index in [1.165, 1.54) is 11.3 Å². The molecule has 25 heavy (non-hydrogen) atoms. The third kappa shape index (κ3) is 4.36. The van der Waals surface area contributed by atoms with Crippen molar-refractivity contribution in [1.82, 2.24) is 10.2 Å². The molecule has 0 bridgehead atoms. The Morgan fingerprint density at radius 1 is 1.12 bits per heavy atom. The normalized spacial score (nSPS) is 10.4. The zero-order chi connectivity index (χ0) is 17.6. The smallest absolute Gasteiger partial charge is 0.261 e. The van der Waals surface area contributed by atoms with Gasteiger partial charge in [0.25, 0.3) is 11.8 Å². The number of nitrogens with zero attached hydrogens (tertiary/aromatic N) is 1. The summed E-state index contributed by atoms with van der Waals surface area (Å²) in [5, 5.41) is 4.74. The second-order valence-corrected chi connectivity index (χ2v) is 6.55. The van der Waals surface area contributed by atoms with Crippen LogP contribution in [-0.2, 0) is 13.1 Å². The molecule has 0 radical (unpaired) electrons. The number of furan rings is 1. The van der Waals surface area contributed by atoms with Crippen LogP contribution < -0.4 is 5.32 Å². The molecule has 3 rings (SSSR count). The van der Waals surface area contributed by atoms with E-state index in [9.17, 15) is 9.59 Å². The standard InChI is InChI=1S/C19H18N2O3S/c1-21(13-16-4-2-10-24-16)19(23)15-8-6-14(7-9-15)12-20-18(22)17-5-3-11-25-17/h2-11H,12-13H2,1H3,(H,20,22). The number of carbonyl (C=O) groups is 2. The van der Waals surface area contributed by atoms with Gasteiger partial charge in [0.05, 0.1) is 17.7 Å². The molecule has 2 heterocycles. The van der Waals surface area contributed by atoms with Gasteiger partial charge in [-0.15, -0.1) is 11.3 Å². The highest BCUT2D eigenvalue weighted by Gasteiger charge is 2.13. The summed E-state index contributed by atoms with van der Waals surface area (Å²) in [4.78, 5) is 26.6. The van der Waals surface area contributed by atoms with E-state index in [2.05, 4.69) is 5.32 Å². The van der Waals surface area contributed by atoms with Crippen LogP contribution in [0.3, 0.4) is 0 Å². The Kier molecular flexibility index (Phi) is 5.30. The zero-order valence-corrected chi connectivity index (χ0v) is 14.6. The number of amides is 2. The molecule has 6 heteroatoms. The Labute approximate surface area is 149 Å². The molecule has 1 N–H and O–H groups in total. The highest BCUT2D eigenvalue weighted by atomic mass is 32.1. The van der Waals surface area contributed by atoms with Crippen molar-refractivity contribution in [3.63, 3.8) is 0 Å². The average Bonchev–Trinajstić information content (AvgIpc) is 3.33. The number of nitrogens with one attached hydrogen (secondary N) is 1. The molecule has 0 unspecified atom stereocenters. The van der Waals surface area contributed by atoms with E-state index in [1.807, 2.05) is 29.6 Å². The van der Waals surface area contributed by atoms with Crippen LogP contribution in [0.25, 0.3) is 0 Å². The predicted molar refractivity (Wildman–Crippen MR) is 96.4 cm³/mol. The summed E-state index contributed by atoms with van der Waals surface area (Å²) in [7, 11) is 1.74. The van der Waals surface area contributed by atoms with Crippen LogP contribution in [0.15, 0.2) is 64.6 Å². The molecule has 2 aromatic heterocycles. The molecule has 0 spiro atoms. The molecular formula is C19H18N2O3S. The van der Waals surface area contributed by atoms with E-state index in [4.69, 9.17) is 4.42 Å². The van der Waals surface area contributed by atoms with Gasteiger partial charge in [0.1, 0.15) is 5.76 Å². The second kappa shape index (κ2) is 7.81. The molecule has 0 aliphatic carbocycles. The number of hydrogen-bond donors (Lipinski definition) is 1. The lowest BCUT2D eigenvalue weighted by Gasteiger charge is -2.16. The molecule has 0 saturated heterocycles. The number of benzene rings is 1. The quantitative estimate of drug-likeness (QED) is 0.736. The molecule has 0 fully saturated rings. The summed E-state index contributed by atoms with van der Waals surface area (Å²) < 4.78 is 5.26. The van der Waals surface area contributed by atoms with Crippen molar-refractivity contribution in [2.24, 2.45) is 0 Å². The van der Waals surface area contributed by atoms with Crippen LogP contribution >= 0.6 is 11.3 Å². The first kappa shape index (κ1) is 17.0. The largest absolute Gasteiger partial charge is 0.467 e. The van der Waals surface area contributed by atoms with Gasteiger partial charge < -0.3 is 14.6 Å². The minimum absolute atomic E-state index is 0.0782. The molecular weight excluding hydrogens is 336 g/mol. The zero-order valence-electron chi connectivity index (χ0n) is 13.8. The van der Waals surface area contributed by atoms with Gasteiger partial charge in [0.15, 0.2) is 0 Å². The van der Waals surface area contributed by atoms with Crippen molar-refractivity contribution in [3.05, 3.63) is 81.9 Å². The van der Waals surface area contributed by atoms with Crippen LogP contribution in [0.4, 0.5) is 0 Å². The molecule has 3 aromatic rings. The number of hydrogen-bond acceptors (Lipinski definition) is 4. The van der Waals surface area contributed by atoms with E-state index < -0.39 is 0 Å². The summed E-state index contributed by atoms with van der Waals surface area (Å²) in [5.41, 5.74) is 1.54. The molecule has 5 nitrogen and oxygen atoms in total. The van der Waals surface area contributed by atoms with Crippen LogP contribution in [-0.4, -0.2) is 23.8 Å². The second-order valence-electron chi connectivity index (χ2n) is 5.60. The minimum atomic E-state index is -0.0895. The Morgan fingerprint density at radius 2 is 1.92 bits per heavy atom. The van der Waals surface area contributed by atoms with Crippen LogP contribution in [0.5, 0.6) is 0 Å². The Bertz CT molecular complexity index is 824. The summed E-state index contributed by atoms with van der Waals surface area (Å²) >= 11 is 1.41. The van der Waals surface area contributed by atoms with E-state index in [-0.39, 0.29) is 11.8 Å². The van der Waals surface area contributed by atoms with Crippen LogP contribution in [0.2, 0.25) is 0 Å². The van der Waals surface area contributed by atoms with Gasteiger partial charge in [-0.3, -0.25) is 9.59 Å². The van der Waals surface area contributed by atoms with E-state index >= 15 is 0 Å². The topological polar surface area (TPSA) is 62.6 Å². The van der Waals surface area contributed by atoms with Gasteiger partial charge in [-0.25, -0.2) is 0 Å². The summed E-state index contributed by atoms with van der Waals surface area (Å²) in [6, 6.07) is 14.5. The highest BCUT2D eigenvalue weighted by Crippen LogP contribution is 2.11. The van der Waals surface area contributed by atoms with Gasteiger partial charge in [0.2, 0.25) is 0 Å². The fourth-order valence-corrected chi connectivity index (χ4v) is 3.01. The summed E-state index contributed by atoms with van der Waals surface area (Å²) in [6.07, 6.45) is 1.59. The van der Waals surface area contributed by atoms with Gasteiger partial charge in [-0.2, -0.15) is 0 Å². The number of rotatable bonds is 6. The summed E-state index contributed by atoms with van der Waals surface area (Å²) in [6.45, 7) is 0.845. The van der Waals surface area contributed by atoms with Crippen molar-refractivity contribution in [3.8, 4) is 0 Å². The van der Waals surface area contributed by atoms with Crippen molar-refractivity contribution in [1.29, 1.82) is 0 Å². The molecule has 1 aromatic carbocycles. The Balaban J connectivity index is 1.56. The van der Waals surface area contributed by atoms with Crippen molar-refractivity contribution in [2.75, 3.05) is 7.05 Å². The fraction of sp³-hybridized carbons (Fsp3) is 0.158. The maximum atomic E-state index is 12.4. The third-order valence-electron chi connectivity index (χ3n) is 3.72. The third-order valence-corrected chi connectivity index (χ3v) is 4.59. The monoisotopic (exact) mass is 354 g/mol. The van der Waals surface area contributed by atoms with E-state index in [0.29, 0.717) is 23.5 Å². The first-order valence-corrected chi connectivity index (χ1v) is 8.70. The fourth-order valence-electron chi connectivity index (χ4n) is 2.37. The lowest BCUT2D eigenvalue weighted by atomic mass is 10.1. The SMILES string of the molecule is CN(Cc1ccco1)C(=O)c1ccc(CNC(=O)c2cccs2)cc1. The number of carbonyl (C=O) groups excluding carboxylic acids is 2. The molecule has 0 atom stereocenters. The minimum Gasteiger partial charge on any atom is -0.467 e. The molecule has 0 saturated carbocycles. The van der Waals surface area contributed by atoms with Crippen molar-refractivity contribution in [2.45, 2.75) is 13.1 Å². The first-order valence-electron chi connectivity index (χ1n) is 7.82. The maximum Gasteiger partial charge on any atom is 0.261 e. The van der Waals surface area contributed by atoms with E-state index in [1.54, 1.807) is 42.5 Å². The van der Waals surface area contributed by atoms with Crippen LogP contribution in [0.1, 0.15) is 31.4 Å². The maximum absolute atomic E-state index is 12.4. The lowest BCUT2D eigenvalue weighted by molar-refractivity contribution is 0.0775.